The minimum Gasteiger partial charge on any atom is -0.383 e. The topological polar surface area (TPSA) is 43.2 Å². The Hall–Kier alpha value is -1.93. The lowest BCUT2D eigenvalue weighted by molar-refractivity contribution is -0.138. The molecule has 162 valence electrons. The number of nitrogens with zero attached hydrogens (tertiary/aromatic N) is 4. The molecule has 0 bridgehead atoms. The summed E-state index contributed by atoms with van der Waals surface area (Å²) in [6, 6.07) is 1.61. The van der Waals surface area contributed by atoms with Crippen molar-refractivity contribution in [1.29, 1.82) is 0 Å². The van der Waals surface area contributed by atoms with Crippen molar-refractivity contribution in [3.8, 4) is 11.3 Å². The van der Waals surface area contributed by atoms with Gasteiger partial charge in [-0.15, -0.1) is 0 Å². The van der Waals surface area contributed by atoms with Gasteiger partial charge in [0.25, 0.3) is 0 Å². The second-order valence-electron chi connectivity index (χ2n) is 9.02. The van der Waals surface area contributed by atoms with Crippen molar-refractivity contribution in [2.75, 3.05) is 33.4 Å². The maximum atomic E-state index is 13.3. The van der Waals surface area contributed by atoms with Gasteiger partial charge in [-0.25, -0.2) is 4.98 Å². The number of methoxy groups -OCH3 is 1. The lowest BCUT2D eigenvalue weighted by Gasteiger charge is -2.20. The monoisotopic (exact) mass is 420 g/mol. The van der Waals surface area contributed by atoms with E-state index in [0.717, 1.165) is 38.5 Å². The first-order chi connectivity index (χ1) is 14.3. The normalized spacial score (nSPS) is 26.2. The quantitative estimate of drug-likeness (QED) is 0.680. The minimum absolute atomic E-state index is 0.00300. The molecule has 2 aromatic rings. The predicted octanol–water partition coefficient (Wildman–Crippen LogP) is 3.97. The van der Waals surface area contributed by atoms with Gasteiger partial charge in [-0.2, -0.15) is 13.2 Å². The molecule has 5 nitrogen and oxygen atoms in total. The largest absolute Gasteiger partial charge is 0.418 e. The molecule has 0 aromatic carbocycles. The Balaban J connectivity index is 1.41. The first-order valence-electron chi connectivity index (χ1n) is 10.7. The Morgan fingerprint density at radius 2 is 1.93 bits per heavy atom. The molecular formula is C22H27F3N4O. The summed E-state index contributed by atoms with van der Waals surface area (Å²) in [5.41, 5.74) is 0.355. The van der Waals surface area contributed by atoms with Gasteiger partial charge < -0.3 is 14.2 Å². The molecule has 0 amide bonds. The van der Waals surface area contributed by atoms with Crippen LogP contribution < -0.4 is 0 Å². The van der Waals surface area contributed by atoms with E-state index in [1.807, 2.05) is 6.20 Å². The number of rotatable bonds is 7. The fraction of sp³-hybridized carbons (Fsp3) is 0.636. The van der Waals surface area contributed by atoms with Crippen LogP contribution in [0, 0.1) is 24.7 Å². The van der Waals surface area contributed by atoms with E-state index in [1.165, 1.54) is 32.0 Å². The van der Waals surface area contributed by atoms with Gasteiger partial charge in [0.2, 0.25) is 0 Å². The number of hydrogen-bond donors (Lipinski definition) is 0. The number of fused-ring (bicyclic) bond motifs is 1. The fourth-order valence-corrected chi connectivity index (χ4v) is 4.92. The molecule has 3 atom stereocenters. The molecule has 2 aliphatic carbocycles. The maximum absolute atomic E-state index is 13.3. The summed E-state index contributed by atoms with van der Waals surface area (Å²) in [4.78, 5) is 11.2. The average Bonchev–Trinajstić information content (AvgIpc) is 3.54. The molecule has 3 heterocycles. The number of aromatic nitrogens is 3. The molecule has 2 aromatic heterocycles. The van der Waals surface area contributed by atoms with Gasteiger partial charge in [0, 0.05) is 62.9 Å². The molecule has 1 unspecified atom stereocenters. The van der Waals surface area contributed by atoms with Crippen molar-refractivity contribution in [3.63, 3.8) is 0 Å². The smallest absolute Gasteiger partial charge is 0.383 e. The zero-order valence-corrected chi connectivity index (χ0v) is 17.3. The first kappa shape index (κ1) is 20.0. The number of aryl methyl sites for hydroxylation is 1. The van der Waals surface area contributed by atoms with Crippen molar-refractivity contribution in [1.82, 2.24) is 19.4 Å². The van der Waals surface area contributed by atoms with Crippen molar-refractivity contribution in [2.24, 2.45) is 17.8 Å². The molecule has 5 rings (SSSR count). The lowest BCUT2D eigenvalue weighted by atomic mass is 10.1. The molecular weight excluding hydrogens is 393 g/mol. The molecule has 8 heteroatoms. The van der Waals surface area contributed by atoms with Crippen molar-refractivity contribution in [3.05, 3.63) is 35.5 Å². The van der Waals surface area contributed by atoms with Gasteiger partial charge in [-0.3, -0.25) is 4.98 Å². The van der Waals surface area contributed by atoms with E-state index in [9.17, 15) is 13.2 Å². The average molecular weight is 420 g/mol. The van der Waals surface area contributed by atoms with Crippen LogP contribution in [0.25, 0.3) is 11.3 Å². The first-order valence-corrected chi connectivity index (χ1v) is 10.7. The van der Waals surface area contributed by atoms with Crippen LogP contribution in [-0.4, -0.2) is 52.8 Å². The van der Waals surface area contributed by atoms with E-state index >= 15 is 0 Å². The minimum atomic E-state index is -4.41. The van der Waals surface area contributed by atoms with E-state index in [4.69, 9.17) is 9.72 Å². The molecule has 1 saturated heterocycles. The number of piperidine rings is 1. The fourth-order valence-electron chi connectivity index (χ4n) is 4.92. The summed E-state index contributed by atoms with van der Waals surface area (Å²) >= 11 is 0. The van der Waals surface area contributed by atoms with Crippen LogP contribution in [0.3, 0.4) is 0 Å². The molecule has 3 aliphatic rings. The SMILES string of the molecule is COCCN1C[C@@H]2C(n3cc(-c4cnc(C)c(C(F)(F)F)c4)nc3CC3CC3)[C@@H]2C1. The van der Waals surface area contributed by atoms with E-state index in [2.05, 4.69) is 14.5 Å². The van der Waals surface area contributed by atoms with Crippen LogP contribution >= 0.6 is 0 Å². The number of pyridine rings is 1. The Morgan fingerprint density at radius 3 is 2.57 bits per heavy atom. The van der Waals surface area contributed by atoms with Crippen LogP contribution in [0.2, 0.25) is 0 Å². The molecule has 30 heavy (non-hydrogen) atoms. The zero-order valence-electron chi connectivity index (χ0n) is 17.3. The molecule has 0 radical (unpaired) electrons. The van der Waals surface area contributed by atoms with Crippen molar-refractivity contribution >= 4 is 0 Å². The van der Waals surface area contributed by atoms with Gasteiger partial charge >= 0.3 is 6.18 Å². The summed E-state index contributed by atoms with van der Waals surface area (Å²) in [5.74, 6) is 2.88. The Kier molecular flexibility index (Phi) is 4.89. The Bertz CT molecular complexity index is 925. The number of hydrogen-bond acceptors (Lipinski definition) is 4. The molecule has 1 aliphatic heterocycles. The van der Waals surface area contributed by atoms with Crippen LogP contribution in [0.4, 0.5) is 13.2 Å². The Labute approximate surface area is 174 Å². The Morgan fingerprint density at radius 1 is 1.20 bits per heavy atom. The van der Waals surface area contributed by atoms with E-state index in [-0.39, 0.29) is 5.69 Å². The van der Waals surface area contributed by atoms with E-state index < -0.39 is 11.7 Å². The third-order valence-electron chi connectivity index (χ3n) is 6.82. The molecule has 2 saturated carbocycles. The summed E-state index contributed by atoms with van der Waals surface area (Å²) < 4.78 is 47.5. The lowest BCUT2D eigenvalue weighted by Crippen LogP contribution is -2.28. The number of likely N-dealkylation sites (tertiary alicyclic amines) is 1. The van der Waals surface area contributed by atoms with Gasteiger partial charge in [-0.05, 0) is 43.6 Å². The standard InChI is InChI=1S/C22H27F3N4O/c1-13-18(22(23,24)25)8-15(9-26-13)19-12-29(20(27-19)7-14-3-4-14)21-16-10-28(5-6-30-2)11-17(16)21/h8-9,12,14,16-17,21H,3-7,10-11H2,1-2H3/t16-,17+,21?. The third kappa shape index (κ3) is 3.75. The van der Waals surface area contributed by atoms with Crippen LogP contribution in [0.1, 0.15) is 36.0 Å². The van der Waals surface area contributed by atoms with Crippen LogP contribution in [0.5, 0.6) is 0 Å². The molecule has 0 spiro atoms. The highest BCUT2D eigenvalue weighted by atomic mass is 19.4. The molecule has 0 N–H and O–H groups in total. The predicted molar refractivity (Wildman–Crippen MR) is 106 cm³/mol. The van der Waals surface area contributed by atoms with Crippen molar-refractivity contribution in [2.45, 2.75) is 38.4 Å². The van der Waals surface area contributed by atoms with Crippen LogP contribution in [-0.2, 0) is 17.3 Å². The van der Waals surface area contributed by atoms with Gasteiger partial charge in [0.1, 0.15) is 5.82 Å². The summed E-state index contributed by atoms with van der Waals surface area (Å²) in [6.07, 6.45) is 2.41. The summed E-state index contributed by atoms with van der Waals surface area (Å²) in [7, 11) is 1.72. The number of imidazole rings is 1. The summed E-state index contributed by atoms with van der Waals surface area (Å²) in [6.45, 7) is 5.20. The van der Waals surface area contributed by atoms with Gasteiger partial charge in [0.05, 0.1) is 17.9 Å². The van der Waals surface area contributed by atoms with E-state index in [0.29, 0.717) is 35.1 Å². The number of alkyl halides is 3. The zero-order chi connectivity index (χ0) is 21.0. The van der Waals surface area contributed by atoms with Crippen molar-refractivity contribution < 1.29 is 17.9 Å². The van der Waals surface area contributed by atoms with Gasteiger partial charge in [0.15, 0.2) is 0 Å². The molecule has 3 fully saturated rings. The highest BCUT2D eigenvalue weighted by Gasteiger charge is 2.57. The number of halogens is 3. The second kappa shape index (κ2) is 7.34. The second-order valence-corrected chi connectivity index (χ2v) is 9.02. The summed E-state index contributed by atoms with van der Waals surface area (Å²) in [5, 5.41) is 0. The number of ether oxygens (including phenoxy) is 1. The highest BCUT2D eigenvalue weighted by Crippen LogP contribution is 2.56. The van der Waals surface area contributed by atoms with Crippen LogP contribution in [0.15, 0.2) is 18.5 Å². The van der Waals surface area contributed by atoms with E-state index in [1.54, 1.807) is 7.11 Å². The third-order valence-corrected chi connectivity index (χ3v) is 6.82. The highest BCUT2D eigenvalue weighted by molar-refractivity contribution is 5.59. The maximum Gasteiger partial charge on any atom is 0.418 e. The van der Waals surface area contributed by atoms with Gasteiger partial charge in [-0.1, -0.05) is 0 Å².